The van der Waals surface area contributed by atoms with Gasteiger partial charge in [-0.15, -0.1) is 0 Å². The number of hydrogen-bond donors (Lipinski definition) is 0. The van der Waals surface area contributed by atoms with Gasteiger partial charge in [0.05, 0.1) is 0 Å². The van der Waals surface area contributed by atoms with E-state index in [2.05, 4.69) is 57.8 Å². The van der Waals surface area contributed by atoms with Crippen LogP contribution >= 0.6 is 47.8 Å². The number of alkyl halides is 1. The average Bonchev–Trinajstić information content (AvgIpc) is 1.96. The molecule has 5 heteroatoms. The largest absolute Gasteiger partial charge is 0.227 e. The van der Waals surface area contributed by atoms with Crippen LogP contribution in [-0.4, -0.2) is 15.3 Å². The zero-order valence-corrected chi connectivity index (χ0v) is 11.2. The number of nitrogens with zero attached hydrogens (tertiary/aromatic N) is 2. The Hall–Kier alpha value is 0.520. The summed E-state index contributed by atoms with van der Waals surface area (Å²) in [5, 5.41) is 0.928. The lowest BCUT2D eigenvalue weighted by atomic mass is 10.2. The van der Waals surface area contributed by atoms with Crippen molar-refractivity contribution in [3.8, 4) is 0 Å². The van der Waals surface area contributed by atoms with Crippen LogP contribution in [0.5, 0.6) is 0 Å². The van der Waals surface area contributed by atoms with Crippen LogP contribution in [0.15, 0.2) is 9.34 Å². The Morgan fingerprint density at radius 3 is 2.42 bits per heavy atom. The highest BCUT2D eigenvalue weighted by Gasteiger charge is 2.06. The second-order valence-corrected chi connectivity index (χ2v) is 4.54. The summed E-state index contributed by atoms with van der Waals surface area (Å²) in [5.74, 6) is 0. The third-order valence-corrected chi connectivity index (χ3v) is 2.89. The molecule has 0 aliphatic carbocycles. The van der Waals surface area contributed by atoms with Crippen LogP contribution in [0, 0.1) is 6.92 Å². The maximum atomic E-state index is 4.21. The molecule has 0 aliphatic rings. The van der Waals surface area contributed by atoms with Gasteiger partial charge in [0.2, 0.25) is 0 Å². The van der Waals surface area contributed by atoms with Gasteiger partial charge in [0, 0.05) is 16.6 Å². The fourth-order valence-electron chi connectivity index (χ4n) is 0.907. The number of halogens is 3. The average molecular weight is 359 g/mol. The smallest absolute Gasteiger partial charge is 0.197 e. The minimum atomic E-state index is 0.630. The first kappa shape index (κ1) is 10.6. The van der Waals surface area contributed by atoms with Crippen molar-refractivity contribution in [3.05, 3.63) is 20.6 Å². The van der Waals surface area contributed by atoms with Crippen LogP contribution in [0.3, 0.4) is 0 Å². The quantitative estimate of drug-likeness (QED) is 0.461. The minimum Gasteiger partial charge on any atom is -0.227 e. The predicted molar refractivity (Wildman–Crippen MR) is 59.7 cm³/mol. The van der Waals surface area contributed by atoms with Crippen molar-refractivity contribution in [1.82, 2.24) is 9.97 Å². The Morgan fingerprint density at radius 1 is 1.25 bits per heavy atom. The molecule has 0 unspecified atom stereocenters. The molecule has 0 amide bonds. The highest BCUT2D eigenvalue weighted by molar-refractivity contribution is 9.11. The molecule has 0 aliphatic heterocycles. The lowest BCUT2D eigenvalue weighted by Crippen LogP contribution is -1.99. The van der Waals surface area contributed by atoms with Gasteiger partial charge in [0.15, 0.2) is 4.73 Å². The molecular weight excluding hydrogens is 352 g/mol. The van der Waals surface area contributed by atoms with E-state index >= 15 is 0 Å². The van der Waals surface area contributed by atoms with E-state index in [4.69, 9.17) is 0 Å². The zero-order valence-electron chi connectivity index (χ0n) is 6.44. The Bertz CT molecular complexity index is 265. The van der Waals surface area contributed by atoms with E-state index in [-0.39, 0.29) is 0 Å². The highest BCUT2D eigenvalue weighted by Crippen LogP contribution is 2.20. The summed E-state index contributed by atoms with van der Waals surface area (Å²) in [6.07, 6.45) is 0.944. The lowest BCUT2D eigenvalue weighted by Gasteiger charge is -2.04. The van der Waals surface area contributed by atoms with Gasteiger partial charge in [-0.3, -0.25) is 0 Å². The maximum Gasteiger partial charge on any atom is 0.197 e. The van der Waals surface area contributed by atoms with Crippen LogP contribution in [-0.2, 0) is 6.42 Å². The molecule has 1 aromatic rings. The first-order chi connectivity index (χ1) is 5.65. The molecule has 0 bridgehead atoms. The molecule has 12 heavy (non-hydrogen) atoms. The molecule has 0 fully saturated rings. The van der Waals surface area contributed by atoms with Gasteiger partial charge in [0.25, 0.3) is 0 Å². The predicted octanol–water partition coefficient (Wildman–Crippen LogP) is 3.25. The second-order valence-electron chi connectivity index (χ2n) is 2.29. The molecule has 0 radical (unpaired) electrons. The van der Waals surface area contributed by atoms with E-state index < -0.39 is 0 Å². The third kappa shape index (κ3) is 2.50. The SMILES string of the molecule is Cc1nc(Br)nc(Br)c1CCBr. The van der Waals surface area contributed by atoms with E-state index in [1.807, 2.05) is 6.92 Å². The summed E-state index contributed by atoms with van der Waals surface area (Å²) < 4.78 is 1.51. The zero-order chi connectivity index (χ0) is 9.14. The monoisotopic (exact) mass is 356 g/mol. The van der Waals surface area contributed by atoms with E-state index in [0.717, 1.165) is 27.6 Å². The van der Waals surface area contributed by atoms with Gasteiger partial charge in [-0.05, 0) is 45.2 Å². The molecule has 0 aromatic carbocycles. The molecule has 2 nitrogen and oxygen atoms in total. The molecule has 0 saturated carbocycles. The van der Waals surface area contributed by atoms with E-state index in [0.29, 0.717) is 4.73 Å². The van der Waals surface area contributed by atoms with Gasteiger partial charge in [-0.1, -0.05) is 15.9 Å². The van der Waals surface area contributed by atoms with Gasteiger partial charge in [-0.25, -0.2) is 9.97 Å². The number of hydrogen-bond acceptors (Lipinski definition) is 2. The summed E-state index contributed by atoms with van der Waals surface area (Å²) in [6.45, 7) is 1.98. The Labute approximate surface area is 96.6 Å². The molecule has 0 atom stereocenters. The Morgan fingerprint density at radius 2 is 1.92 bits per heavy atom. The van der Waals surface area contributed by atoms with Crippen LogP contribution in [0.25, 0.3) is 0 Å². The van der Waals surface area contributed by atoms with Crippen molar-refractivity contribution in [2.45, 2.75) is 13.3 Å². The number of rotatable bonds is 2. The van der Waals surface area contributed by atoms with Crippen LogP contribution < -0.4 is 0 Å². The Balaban J connectivity index is 3.10. The summed E-state index contributed by atoms with van der Waals surface area (Å²) in [4.78, 5) is 8.36. The Kier molecular flexibility index (Phi) is 4.13. The van der Waals surface area contributed by atoms with Gasteiger partial charge < -0.3 is 0 Å². The topological polar surface area (TPSA) is 25.8 Å². The van der Waals surface area contributed by atoms with Crippen LogP contribution in [0.4, 0.5) is 0 Å². The molecule has 1 aromatic heterocycles. The van der Waals surface area contributed by atoms with E-state index in [9.17, 15) is 0 Å². The fraction of sp³-hybridized carbons (Fsp3) is 0.429. The van der Waals surface area contributed by atoms with Crippen LogP contribution in [0.1, 0.15) is 11.3 Å². The van der Waals surface area contributed by atoms with Crippen molar-refractivity contribution in [2.75, 3.05) is 5.33 Å². The molecule has 0 N–H and O–H groups in total. The summed E-state index contributed by atoms with van der Waals surface area (Å²) >= 11 is 10.0. The van der Waals surface area contributed by atoms with Crippen molar-refractivity contribution in [3.63, 3.8) is 0 Å². The summed E-state index contributed by atoms with van der Waals surface area (Å²) in [7, 11) is 0. The van der Waals surface area contributed by atoms with Crippen molar-refractivity contribution in [1.29, 1.82) is 0 Å². The molecular formula is C7H7Br3N2. The molecule has 0 saturated heterocycles. The molecule has 1 rings (SSSR count). The number of aryl methyl sites for hydroxylation is 1. The molecule has 0 spiro atoms. The fourth-order valence-corrected chi connectivity index (χ4v) is 2.64. The first-order valence-corrected chi connectivity index (χ1v) is 6.10. The van der Waals surface area contributed by atoms with Gasteiger partial charge in [0.1, 0.15) is 4.60 Å². The standard InChI is InChI=1S/C7H7Br3N2/c1-4-5(2-3-8)6(9)12-7(10)11-4/h2-3H2,1H3. The normalized spacial score (nSPS) is 10.3. The third-order valence-electron chi connectivity index (χ3n) is 1.48. The lowest BCUT2D eigenvalue weighted by molar-refractivity contribution is 0.956. The summed E-state index contributed by atoms with van der Waals surface area (Å²) in [5.41, 5.74) is 2.18. The minimum absolute atomic E-state index is 0.630. The van der Waals surface area contributed by atoms with E-state index in [1.165, 1.54) is 0 Å². The van der Waals surface area contributed by atoms with Gasteiger partial charge in [-0.2, -0.15) is 0 Å². The van der Waals surface area contributed by atoms with Crippen LogP contribution in [0.2, 0.25) is 0 Å². The molecule has 1 heterocycles. The maximum absolute atomic E-state index is 4.21. The molecule has 66 valence electrons. The van der Waals surface area contributed by atoms with Crippen molar-refractivity contribution in [2.24, 2.45) is 0 Å². The van der Waals surface area contributed by atoms with Gasteiger partial charge >= 0.3 is 0 Å². The highest BCUT2D eigenvalue weighted by atomic mass is 79.9. The second kappa shape index (κ2) is 4.67. The van der Waals surface area contributed by atoms with E-state index in [1.54, 1.807) is 0 Å². The van der Waals surface area contributed by atoms with Crippen molar-refractivity contribution < 1.29 is 0 Å². The number of aromatic nitrogens is 2. The first-order valence-electron chi connectivity index (χ1n) is 3.39. The van der Waals surface area contributed by atoms with Crippen molar-refractivity contribution >= 4 is 47.8 Å². The summed E-state index contributed by atoms with van der Waals surface area (Å²) in [6, 6.07) is 0.